The van der Waals surface area contributed by atoms with Crippen molar-refractivity contribution in [1.29, 1.82) is 0 Å². The molecule has 0 saturated carbocycles. The highest BCUT2D eigenvalue weighted by Gasteiger charge is 2.28. The number of H-pyrrole nitrogens is 1. The molecule has 34 heavy (non-hydrogen) atoms. The van der Waals surface area contributed by atoms with Crippen LogP contribution in [0.25, 0.3) is 0 Å². The molecular weight excluding hydrogens is 454 g/mol. The molecule has 0 aliphatic carbocycles. The quantitative estimate of drug-likeness (QED) is 0.494. The second-order valence-electron chi connectivity index (χ2n) is 8.34. The fraction of sp³-hybridized carbons (Fsp3) is 0.320. The van der Waals surface area contributed by atoms with E-state index in [0.29, 0.717) is 17.7 Å². The molecule has 3 rings (SSSR count). The van der Waals surface area contributed by atoms with Gasteiger partial charge in [0.05, 0.1) is 0 Å². The molecule has 3 aromatic rings. The summed E-state index contributed by atoms with van der Waals surface area (Å²) in [6.07, 6.45) is 5.09. The van der Waals surface area contributed by atoms with Crippen molar-refractivity contribution < 1.29 is 17.9 Å². The highest BCUT2D eigenvalue weighted by Crippen LogP contribution is 2.32. The minimum absolute atomic E-state index is 0.00930. The van der Waals surface area contributed by atoms with Crippen LogP contribution in [0, 0.1) is 27.7 Å². The minimum Gasteiger partial charge on any atom is -0.438 e. The first kappa shape index (κ1) is 25.2. The van der Waals surface area contributed by atoms with Crippen LogP contribution >= 0.6 is 0 Å². The average Bonchev–Trinajstić information content (AvgIpc) is 2.74. The maximum atomic E-state index is 13.4. The molecule has 2 aromatic heterocycles. The van der Waals surface area contributed by atoms with E-state index in [1.807, 2.05) is 44.5 Å². The third kappa shape index (κ3) is 5.36. The van der Waals surface area contributed by atoms with Crippen molar-refractivity contribution in [2.24, 2.45) is 0 Å². The highest BCUT2D eigenvalue weighted by molar-refractivity contribution is 7.90. The van der Waals surface area contributed by atoms with Gasteiger partial charge in [0.15, 0.2) is 4.90 Å². The lowest BCUT2D eigenvalue weighted by Crippen LogP contribution is -2.35. The van der Waals surface area contributed by atoms with Crippen molar-refractivity contribution >= 4 is 15.9 Å². The first-order valence-corrected chi connectivity index (χ1v) is 12.5. The maximum Gasteiger partial charge on any atom is 0.270 e. The van der Waals surface area contributed by atoms with Gasteiger partial charge in [0.2, 0.25) is 5.88 Å². The number of pyridine rings is 2. The molecule has 0 spiro atoms. The molecule has 0 saturated heterocycles. The Balaban J connectivity index is 2.08. The number of amides is 1. The third-order valence-corrected chi connectivity index (χ3v) is 6.94. The van der Waals surface area contributed by atoms with Crippen molar-refractivity contribution in [2.75, 3.05) is 0 Å². The van der Waals surface area contributed by atoms with Crippen LogP contribution < -0.4 is 15.0 Å². The Morgan fingerprint density at radius 3 is 2.38 bits per heavy atom. The number of aromatic nitrogens is 2. The number of ether oxygens (including phenoxy) is 1. The third-order valence-electron chi connectivity index (χ3n) is 5.44. The van der Waals surface area contributed by atoms with E-state index in [1.165, 1.54) is 25.4 Å². The summed E-state index contributed by atoms with van der Waals surface area (Å²) in [5.41, 5.74) is 2.86. The van der Waals surface area contributed by atoms with E-state index in [-0.39, 0.29) is 17.0 Å². The Morgan fingerprint density at radius 2 is 1.76 bits per heavy atom. The van der Waals surface area contributed by atoms with Crippen molar-refractivity contribution in [3.8, 4) is 11.6 Å². The summed E-state index contributed by atoms with van der Waals surface area (Å²) in [6.45, 7) is 9.27. The van der Waals surface area contributed by atoms with Crippen LogP contribution in [-0.2, 0) is 16.4 Å². The number of hydrogen-bond donors (Lipinski definition) is 2. The molecule has 0 unspecified atom stereocenters. The summed E-state index contributed by atoms with van der Waals surface area (Å²) < 4.78 is 34.1. The zero-order chi connectivity index (χ0) is 25.0. The lowest BCUT2D eigenvalue weighted by molar-refractivity contribution is 0.0977. The zero-order valence-corrected chi connectivity index (χ0v) is 20.8. The fourth-order valence-corrected chi connectivity index (χ4v) is 5.16. The second-order valence-corrected chi connectivity index (χ2v) is 9.96. The van der Waals surface area contributed by atoms with Crippen LogP contribution in [0.1, 0.15) is 57.9 Å². The monoisotopic (exact) mass is 483 g/mol. The molecule has 0 aliphatic rings. The number of unbranched alkanes of at least 4 members (excludes halogenated alkanes) is 1. The molecule has 2 N–H and O–H groups in total. The van der Waals surface area contributed by atoms with Crippen molar-refractivity contribution in [2.45, 2.75) is 58.8 Å². The Morgan fingerprint density at radius 1 is 1.09 bits per heavy atom. The first-order valence-electron chi connectivity index (χ1n) is 11.0. The number of benzene rings is 1. The standard InChI is InChI=1S/C25H29N3O5S/c1-6-7-8-19-10-12-27-25(33-21-17(4)13-15(2)14-18(21)5)20(19)23(29)28-34(31,32)22-16(3)9-11-26-24(22)30/h9-14H,6-8H2,1-5H3,(H,26,30)(H,28,29). The van der Waals surface area contributed by atoms with Gasteiger partial charge < -0.3 is 9.72 Å². The Hall–Kier alpha value is -3.46. The fourth-order valence-electron chi connectivity index (χ4n) is 3.92. The summed E-state index contributed by atoms with van der Waals surface area (Å²) in [4.78, 5) is 31.6. The Bertz CT molecular complexity index is 1370. The van der Waals surface area contributed by atoms with Crippen LogP contribution in [0.4, 0.5) is 0 Å². The predicted molar refractivity (Wildman–Crippen MR) is 130 cm³/mol. The molecule has 0 radical (unpaired) electrons. The molecular formula is C25H29N3O5S. The van der Waals surface area contributed by atoms with E-state index < -0.39 is 26.4 Å². The smallest absolute Gasteiger partial charge is 0.270 e. The number of carbonyl (C=O) groups is 1. The van der Waals surface area contributed by atoms with Crippen molar-refractivity contribution in [1.82, 2.24) is 14.7 Å². The number of carbonyl (C=O) groups excluding carboxylic acids is 1. The van der Waals surface area contributed by atoms with Gasteiger partial charge in [0, 0.05) is 12.4 Å². The second kappa shape index (κ2) is 10.2. The maximum absolute atomic E-state index is 13.4. The van der Waals surface area contributed by atoms with Crippen LogP contribution in [0.15, 0.2) is 46.3 Å². The van der Waals surface area contributed by atoms with Gasteiger partial charge in [-0.1, -0.05) is 31.0 Å². The van der Waals surface area contributed by atoms with Crippen LogP contribution in [0.2, 0.25) is 0 Å². The SMILES string of the molecule is CCCCc1ccnc(Oc2c(C)cc(C)cc2C)c1C(=O)NS(=O)(=O)c1c(C)cc[nH]c1=O. The van der Waals surface area contributed by atoms with Crippen LogP contribution in [-0.4, -0.2) is 24.3 Å². The van der Waals surface area contributed by atoms with Gasteiger partial charge in [-0.3, -0.25) is 9.59 Å². The summed E-state index contributed by atoms with van der Waals surface area (Å²) in [6, 6.07) is 7.05. The van der Waals surface area contributed by atoms with E-state index in [2.05, 4.69) is 9.97 Å². The van der Waals surface area contributed by atoms with Gasteiger partial charge in [-0.05, 0) is 74.9 Å². The van der Waals surface area contributed by atoms with Crippen molar-refractivity contribution in [3.05, 3.63) is 80.4 Å². The number of aryl methyl sites for hydroxylation is 5. The van der Waals surface area contributed by atoms with E-state index >= 15 is 0 Å². The average molecular weight is 484 g/mol. The van der Waals surface area contributed by atoms with E-state index in [0.717, 1.165) is 29.5 Å². The predicted octanol–water partition coefficient (Wildman–Crippen LogP) is 4.26. The molecule has 1 amide bonds. The largest absolute Gasteiger partial charge is 0.438 e. The first-order chi connectivity index (χ1) is 16.0. The number of aromatic amines is 1. The summed E-state index contributed by atoms with van der Waals surface area (Å²) in [7, 11) is -4.44. The van der Waals surface area contributed by atoms with Crippen LogP contribution in [0.3, 0.4) is 0 Å². The van der Waals surface area contributed by atoms with E-state index in [4.69, 9.17) is 4.74 Å². The van der Waals surface area contributed by atoms with Gasteiger partial charge in [-0.2, -0.15) is 0 Å². The molecule has 2 heterocycles. The number of hydrogen-bond acceptors (Lipinski definition) is 6. The molecule has 8 nitrogen and oxygen atoms in total. The molecule has 1 aromatic carbocycles. The lowest BCUT2D eigenvalue weighted by Gasteiger charge is -2.17. The van der Waals surface area contributed by atoms with Crippen molar-refractivity contribution in [3.63, 3.8) is 0 Å². The van der Waals surface area contributed by atoms with E-state index in [9.17, 15) is 18.0 Å². The zero-order valence-electron chi connectivity index (χ0n) is 20.0. The number of nitrogens with zero attached hydrogens (tertiary/aromatic N) is 1. The molecule has 180 valence electrons. The van der Waals surface area contributed by atoms with Gasteiger partial charge >= 0.3 is 0 Å². The summed E-state index contributed by atoms with van der Waals surface area (Å²) in [5, 5.41) is 0. The highest BCUT2D eigenvalue weighted by atomic mass is 32.2. The van der Waals surface area contributed by atoms with Gasteiger partial charge in [-0.15, -0.1) is 0 Å². The topological polar surface area (TPSA) is 118 Å². The number of rotatable bonds is 8. The number of sulfonamides is 1. The van der Waals surface area contributed by atoms with Gasteiger partial charge in [-0.25, -0.2) is 18.1 Å². The summed E-state index contributed by atoms with van der Waals surface area (Å²) in [5.74, 6) is -0.340. The van der Waals surface area contributed by atoms with E-state index in [1.54, 1.807) is 6.07 Å². The molecule has 0 bridgehead atoms. The molecule has 0 aliphatic heterocycles. The number of nitrogens with one attached hydrogen (secondary N) is 2. The lowest BCUT2D eigenvalue weighted by atomic mass is 10.0. The summed E-state index contributed by atoms with van der Waals surface area (Å²) >= 11 is 0. The van der Waals surface area contributed by atoms with Crippen LogP contribution in [0.5, 0.6) is 11.6 Å². The molecule has 0 atom stereocenters. The minimum atomic E-state index is -4.44. The molecule has 9 heteroatoms. The normalized spacial score (nSPS) is 11.3. The van der Waals surface area contributed by atoms with Gasteiger partial charge in [0.1, 0.15) is 11.3 Å². The Labute approximate surface area is 199 Å². The molecule has 0 fully saturated rings. The van der Waals surface area contributed by atoms with Gasteiger partial charge in [0.25, 0.3) is 21.5 Å². The Kier molecular flexibility index (Phi) is 7.56.